The van der Waals surface area contributed by atoms with Crippen LogP contribution in [0.3, 0.4) is 0 Å². The summed E-state index contributed by atoms with van der Waals surface area (Å²) in [4.78, 5) is 0. The molecule has 0 amide bonds. The van der Waals surface area contributed by atoms with E-state index in [1.54, 1.807) is 0 Å². The molecular weight excluding hydrogens is 267 g/mol. The molecule has 0 spiro atoms. The van der Waals surface area contributed by atoms with Crippen LogP contribution >= 0.6 is 0 Å². The molecule has 0 saturated carbocycles. The number of hydrogen-bond acceptors (Lipinski definition) is 3. The van der Waals surface area contributed by atoms with Crippen LogP contribution in [0.2, 0.25) is 0 Å². The van der Waals surface area contributed by atoms with Crippen molar-refractivity contribution < 1.29 is 97.2 Å². The molecule has 0 aliphatic carbocycles. The molecule has 86 valence electrons. The molecule has 0 heterocycles. The summed E-state index contributed by atoms with van der Waals surface area (Å²) in [6.07, 6.45) is -10.1. The van der Waals surface area contributed by atoms with Crippen LogP contribution < -0.4 is 51.4 Å². The SMILES string of the molecule is F[C-](F)C(F)(F)C(F)(F)F.OB(O)O.[K+]. The number of halogens is 7. The second kappa shape index (κ2) is 8.22. The molecule has 3 N–H and O–H groups in total. The largest absolute Gasteiger partial charge is 1.00 e. The fourth-order valence-electron chi connectivity index (χ4n) is 0.107. The third-order valence-corrected chi connectivity index (χ3v) is 0.593. The minimum absolute atomic E-state index is 0. The summed E-state index contributed by atoms with van der Waals surface area (Å²) in [6, 6.07) is 0. The van der Waals surface area contributed by atoms with Crippen LogP contribution in [0.4, 0.5) is 30.7 Å². The molecule has 0 rings (SSSR count). The van der Waals surface area contributed by atoms with Crippen LogP contribution in [-0.4, -0.2) is 34.5 Å². The van der Waals surface area contributed by atoms with Crippen molar-refractivity contribution in [2.75, 3.05) is 0 Å². The Morgan fingerprint density at radius 1 is 0.867 bits per heavy atom. The summed E-state index contributed by atoms with van der Waals surface area (Å²) in [5.41, 5.74) is 0. The third kappa shape index (κ3) is 9.99. The standard InChI is InChI=1S/C3F7.BH3O3.K/c4-1(5)2(6,7)3(8,9)10;2-1(3)4;/h;2-4H;/q-1;;+1. The molecule has 0 aromatic rings. The van der Waals surface area contributed by atoms with Crippen molar-refractivity contribution in [1.82, 2.24) is 0 Å². The van der Waals surface area contributed by atoms with Gasteiger partial charge in [-0.3, -0.25) is 0 Å². The molecule has 0 fully saturated rings. The van der Waals surface area contributed by atoms with Gasteiger partial charge in [0.05, 0.1) is 6.43 Å². The van der Waals surface area contributed by atoms with Gasteiger partial charge in [-0.1, -0.05) is 0 Å². The van der Waals surface area contributed by atoms with Gasteiger partial charge in [0.25, 0.3) is 5.92 Å². The van der Waals surface area contributed by atoms with E-state index in [0.717, 1.165) is 0 Å². The second-order valence-electron chi connectivity index (χ2n) is 1.68. The van der Waals surface area contributed by atoms with E-state index < -0.39 is 25.8 Å². The first kappa shape index (κ1) is 21.4. The first-order valence-corrected chi connectivity index (χ1v) is 2.60. The van der Waals surface area contributed by atoms with E-state index in [2.05, 4.69) is 0 Å². The molecule has 0 atom stereocenters. The summed E-state index contributed by atoms with van der Waals surface area (Å²) in [7, 11) is -2.17. The van der Waals surface area contributed by atoms with Gasteiger partial charge in [-0.15, -0.1) is 0 Å². The van der Waals surface area contributed by atoms with Gasteiger partial charge in [0.15, 0.2) is 0 Å². The number of hydrogen-bond donors (Lipinski definition) is 3. The fraction of sp³-hybridized carbons (Fsp3) is 0.667. The van der Waals surface area contributed by atoms with Crippen LogP contribution in [0.25, 0.3) is 0 Å². The molecule has 0 aromatic carbocycles. The molecule has 12 heteroatoms. The summed E-state index contributed by atoms with van der Waals surface area (Å²) < 4.78 is 76.3. The Bertz CT molecular complexity index is 159. The van der Waals surface area contributed by atoms with E-state index in [4.69, 9.17) is 15.1 Å². The average Bonchev–Trinajstić information content (AvgIpc) is 1.82. The summed E-state index contributed by atoms with van der Waals surface area (Å²) >= 11 is 0. The number of alkyl halides is 5. The maximum absolute atomic E-state index is 11.1. The zero-order valence-electron chi connectivity index (χ0n) is 7.06. The second-order valence-corrected chi connectivity index (χ2v) is 1.68. The quantitative estimate of drug-likeness (QED) is 0.282. The van der Waals surface area contributed by atoms with Gasteiger partial charge in [0, 0.05) is 0 Å². The molecule has 15 heavy (non-hydrogen) atoms. The van der Waals surface area contributed by atoms with Gasteiger partial charge in [-0.05, 0) is 0 Å². The molecule has 0 aromatic heterocycles. The van der Waals surface area contributed by atoms with Crippen molar-refractivity contribution in [2.45, 2.75) is 12.1 Å². The van der Waals surface area contributed by atoms with Crippen molar-refractivity contribution in [1.29, 1.82) is 0 Å². The monoisotopic (exact) mass is 270 g/mol. The van der Waals surface area contributed by atoms with E-state index in [1.807, 2.05) is 0 Å². The molecule has 3 nitrogen and oxygen atoms in total. The van der Waals surface area contributed by atoms with Crippen LogP contribution in [0, 0.1) is 6.43 Å². The summed E-state index contributed by atoms with van der Waals surface area (Å²) in [5.74, 6) is -5.98. The van der Waals surface area contributed by atoms with E-state index in [-0.39, 0.29) is 51.4 Å². The van der Waals surface area contributed by atoms with E-state index >= 15 is 0 Å². The third-order valence-electron chi connectivity index (χ3n) is 0.593. The normalized spacial score (nSPS) is 11.4. The van der Waals surface area contributed by atoms with Gasteiger partial charge in [0.2, 0.25) is 0 Å². The van der Waals surface area contributed by atoms with E-state index in [1.165, 1.54) is 0 Å². The molecule has 0 aliphatic heterocycles. The molecule has 0 aliphatic rings. The Hall–Kier alpha value is 1.09. The van der Waals surface area contributed by atoms with Gasteiger partial charge in [0.1, 0.15) is 0 Å². The molecule has 0 bridgehead atoms. The zero-order valence-corrected chi connectivity index (χ0v) is 10.2. The smallest absolute Gasteiger partial charge is 0.415 e. The molecular formula is C3H3BF7KO3. The van der Waals surface area contributed by atoms with E-state index in [0.29, 0.717) is 0 Å². The Kier molecular flexibility index (Phi) is 11.7. The predicted molar refractivity (Wildman–Crippen MR) is 28.9 cm³/mol. The first-order valence-electron chi connectivity index (χ1n) is 2.60. The molecule has 0 saturated heterocycles. The topological polar surface area (TPSA) is 60.7 Å². The van der Waals surface area contributed by atoms with Gasteiger partial charge >= 0.3 is 64.9 Å². The zero-order chi connectivity index (χ0) is 12.2. The predicted octanol–water partition coefficient (Wildman–Crippen LogP) is -2.44. The van der Waals surface area contributed by atoms with Gasteiger partial charge in [-0.25, -0.2) is 8.78 Å². The summed E-state index contributed by atoms with van der Waals surface area (Å²) in [6.45, 7) is 0. The maximum Gasteiger partial charge on any atom is 1.00 e. The van der Waals surface area contributed by atoms with Crippen molar-refractivity contribution >= 4 is 7.32 Å². The molecule has 0 radical (unpaired) electrons. The number of rotatable bonds is 1. The average molecular weight is 270 g/mol. The summed E-state index contributed by atoms with van der Waals surface area (Å²) in [5, 5.41) is 21.5. The van der Waals surface area contributed by atoms with Crippen LogP contribution in [-0.2, 0) is 0 Å². The van der Waals surface area contributed by atoms with Gasteiger partial charge < -0.3 is 23.9 Å². The Morgan fingerprint density at radius 3 is 1.07 bits per heavy atom. The van der Waals surface area contributed by atoms with Crippen LogP contribution in [0.5, 0.6) is 0 Å². The molecule has 0 unspecified atom stereocenters. The van der Waals surface area contributed by atoms with Crippen molar-refractivity contribution in [3.05, 3.63) is 6.43 Å². The van der Waals surface area contributed by atoms with Crippen molar-refractivity contribution in [3.63, 3.8) is 0 Å². The Labute approximate surface area is 122 Å². The Morgan fingerprint density at radius 2 is 1.07 bits per heavy atom. The maximum atomic E-state index is 11.1. The van der Waals surface area contributed by atoms with E-state index in [9.17, 15) is 30.7 Å². The minimum atomic E-state index is -6.20. The van der Waals surface area contributed by atoms with Crippen molar-refractivity contribution in [3.8, 4) is 0 Å². The van der Waals surface area contributed by atoms with Crippen molar-refractivity contribution in [2.24, 2.45) is 0 Å². The van der Waals surface area contributed by atoms with Gasteiger partial charge in [-0.2, -0.15) is 13.2 Å². The van der Waals surface area contributed by atoms with Crippen LogP contribution in [0.1, 0.15) is 0 Å². The fourth-order valence-corrected chi connectivity index (χ4v) is 0.107. The Balaban J connectivity index is -0.000000249. The first-order chi connectivity index (χ1) is 5.93. The minimum Gasteiger partial charge on any atom is -0.415 e. The van der Waals surface area contributed by atoms with Crippen LogP contribution in [0.15, 0.2) is 0 Å².